The number of aromatic nitrogens is 2. The van der Waals surface area contributed by atoms with Crippen molar-refractivity contribution in [2.24, 2.45) is 5.92 Å². The van der Waals surface area contributed by atoms with Gasteiger partial charge < -0.3 is 19.3 Å². The molecular formula is C28H26Cl2N4O4. The summed E-state index contributed by atoms with van der Waals surface area (Å²) in [5.74, 6) is 2.45. The van der Waals surface area contributed by atoms with Gasteiger partial charge in [0.25, 0.3) is 0 Å². The lowest BCUT2D eigenvalue weighted by Gasteiger charge is -2.31. The average molecular weight is 553 g/mol. The summed E-state index contributed by atoms with van der Waals surface area (Å²) >= 11 is 12.5. The molecule has 1 aromatic heterocycles. The van der Waals surface area contributed by atoms with Crippen molar-refractivity contribution >= 4 is 34.8 Å². The number of hydrogen-bond acceptors (Lipinski definition) is 7. The number of carbonyl (C=O) groups is 1. The normalized spacial score (nSPS) is 15.7. The van der Waals surface area contributed by atoms with E-state index in [1.54, 1.807) is 55.6 Å². The van der Waals surface area contributed by atoms with Gasteiger partial charge in [0.15, 0.2) is 5.75 Å². The highest BCUT2D eigenvalue weighted by molar-refractivity contribution is 6.33. The minimum absolute atomic E-state index is 0.0983. The lowest BCUT2D eigenvalue weighted by molar-refractivity contribution is -0.121. The fourth-order valence-electron chi connectivity index (χ4n) is 4.37. The number of amides is 1. The molecule has 1 amide bonds. The van der Waals surface area contributed by atoms with Crippen LogP contribution in [0.5, 0.6) is 17.2 Å². The number of ether oxygens (including phenoxy) is 2. The molecule has 10 heteroatoms. The van der Waals surface area contributed by atoms with Crippen molar-refractivity contribution in [3.8, 4) is 28.6 Å². The van der Waals surface area contributed by atoms with E-state index in [-0.39, 0.29) is 11.8 Å². The van der Waals surface area contributed by atoms with E-state index in [1.165, 1.54) is 0 Å². The van der Waals surface area contributed by atoms with E-state index in [1.807, 2.05) is 18.2 Å². The van der Waals surface area contributed by atoms with Gasteiger partial charge in [-0.25, -0.2) is 0 Å². The molecule has 0 radical (unpaired) electrons. The Labute approximate surface area is 230 Å². The summed E-state index contributed by atoms with van der Waals surface area (Å²) < 4.78 is 16.7. The monoisotopic (exact) mass is 552 g/mol. The first-order chi connectivity index (χ1) is 18.5. The van der Waals surface area contributed by atoms with Gasteiger partial charge in [-0.1, -0.05) is 40.5 Å². The molecule has 1 fully saturated rings. The lowest BCUT2D eigenvalue weighted by atomic mass is 9.97. The number of nitrogens with zero attached hydrogens (tertiary/aromatic N) is 3. The number of hydrogen-bond donors (Lipinski definition) is 1. The maximum atomic E-state index is 13.3. The summed E-state index contributed by atoms with van der Waals surface area (Å²) in [7, 11) is 1.61. The molecule has 4 aromatic rings. The third-order valence-corrected chi connectivity index (χ3v) is 6.87. The van der Waals surface area contributed by atoms with Crippen LogP contribution in [-0.4, -0.2) is 41.1 Å². The highest BCUT2D eigenvalue weighted by Gasteiger charge is 2.28. The molecule has 8 nitrogen and oxygen atoms in total. The molecular weight excluding hydrogens is 527 g/mol. The largest absolute Gasteiger partial charge is 0.497 e. The Morgan fingerprint density at radius 2 is 1.89 bits per heavy atom. The maximum absolute atomic E-state index is 13.3. The Morgan fingerprint density at radius 3 is 2.68 bits per heavy atom. The van der Waals surface area contributed by atoms with Crippen molar-refractivity contribution in [2.75, 3.05) is 25.5 Å². The summed E-state index contributed by atoms with van der Waals surface area (Å²) in [5, 5.41) is 8.15. The Kier molecular flexibility index (Phi) is 8.12. The van der Waals surface area contributed by atoms with Crippen molar-refractivity contribution in [1.82, 2.24) is 15.0 Å². The van der Waals surface area contributed by atoms with Gasteiger partial charge in [0.1, 0.15) is 11.5 Å². The molecule has 1 saturated heterocycles. The van der Waals surface area contributed by atoms with E-state index >= 15 is 0 Å². The zero-order valence-corrected chi connectivity index (χ0v) is 22.2. The number of halogens is 2. The predicted octanol–water partition coefficient (Wildman–Crippen LogP) is 6.70. The minimum Gasteiger partial charge on any atom is -0.497 e. The van der Waals surface area contributed by atoms with E-state index in [2.05, 4.69) is 20.4 Å². The van der Waals surface area contributed by atoms with Crippen molar-refractivity contribution in [3.63, 3.8) is 0 Å². The van der Waals surface area contributed by atoms with Gasteiger partial charge in [-0.2, -0.15) is 4.98 Å². The van der Waals surface area contributed by atoms with Crippen LogP contribution >= 0.6 is 23.2 Å². The molecule has 1 N–H and O–H groups in total. The van der Waals surface area contributed by atoms with Crippen molar-refractivity contribution < 1.29 is 18.8 Å². The molecule has 196 valence electrons. The van der Waals surface area contributed by atoms with Crippen LogP contribution < -0.4 is 14.8 Å². The second-order valence-corrected chi connectivity index (χ2v) is 9.82. The van der Waals surface area contributed by atoms with Gasteiger partial charge >= 0.3 is 0 Å². The third-order valence-electron chi connectivity index (χ3n) is 6.30. The highest BCUT2D eigenvalue weighted by atomic mass is 35.5. The zero-order valence-electron chi connectivity index (χ0n) is 20.7. The summed E-state index contributed by atoms with van der Waals surface area (Å²) in [6.45, 7) is 1.84. The summed E-state index contributed by atoms with van der Waals surface area (Å²) in [6.07, 6.45) is 1.64. The van der Waals surface area contributed by atoms with Gasteiger partial charge in [-0.15, -0.1) is 0 Å². The van der Waals surface area contributed by atoms with Crippen LogP contribution in [0.15, 0.2) is 71.3 Å². The molecule has 0 aliphatic carbocycles. The maximum Gasteiger partial charge on any atom is 0.241 e. The van der Waals surface area contributed by atoms with Gasteiger partial charge in [-0.05, 0) is 74.0 Å². The zero-order chi connectivity index (χ0) is 26.5. The van der Waals surface area contributed by atoms with Crippen LogP contribution in [0.3, 0.4) is 0 Å². The first kappa shape index (κ1) is 26.0. The number of nitrogens with one attached hydrogen (secondary N) is 1. The number of methoxy groups -OCH3 is 1. The van der Waals surface area contributed by atoms with Gasteiger partial charge in [0.2, 0.25) is 17.6 Å². The number of benzene rings is 3. The minimum atomic E-state index is -0.220. The molecule has 2 heterocycles. The van der Waals surface area contributed by atoms with Crippen LogP contribution in [0, 0.1) is 5.92 Å². The molecule has 0 bridgehead atoms. The summed E-state index contributed by atoms with van der Waals surface area (Å²) in [5.41, 5.74) is 1.23. The van der Waals surface area contributed by atoms with Gasteiger partial charge in [0, 0.05) is 17.1 Å². The van der Waals surface area contributed by atoms with Crippen LogP contribution in [0.4, 0.5) is 5.69 Å². The molecule has 1 unspecified atom stereocenters. The van der Waals surface area contributed by atoms with Crippen LogP contribution in [-0.2, 0) is 11.3 Å². The molecule has 1 aliphatic rings. The van der Waals surface area contributed by atoms with E-state index in [9.17, 15) is 4.79 Å². The fraction of sp³-hybridized carbons (Fsp3) is 0.250. The second kappa shape index (κ2) is 11.9. The molecule has 1 aliphatic heterocycles. The van der Waals surface area contributed by atoms with E-state index < -0.39 is 0 Å². The quantitative estimate of drug-likeness (QED) is 0.260. The molecule has 1 atom stereocenters. The second-order valence-electron chi connectivity index (χ2n) is 8.97. The molecule has 3 aromatic carbocycles. The fourth-order valence-corrected chi connectivity index (χ4v) is 4.76. The smallest absolute Gasteiger partial charge is 0.241 e. The number of likely N-dealkylation sites (tertiary alicyclic amines) is 1. The standard InChI is InChI=1S/C28H26Cl2N4O4/c1-36-20-9-11-21(12-10-20)37-25-13-8-19(29)15-24(25)31-28(35)18-5-4-14-34(16-18)17-26-32-27(33-38-26)22-6-2-3-7-23(22)30/h2-3,6-13,15,18H,4-5,14,16-17H2,1H3,(H,31,35). The van der Waals surface area contributed by atoms with E-state index in [0.717, 1.165) is 25.1 Å². The van der Waals surface area contributed by atoms with E-state index in [0.29, 0.717) is 57.6 Å². The molecule has 5 rings (SSSR count). The SMILES string of the molecule is COc1ccc(Oc2ccc(Cl)cc2NC(=O)C2CCCN(Cc3nc(-c4ccccc4Cl)no3)C2)cc1. The van der Waals surface area contributed by atoms with Crippen LogP contribution in [0.1, 0.15) is 18.7 Å². The lowest BCUT2D eigenvalue weighted by Crippen LogP contribution is -2.40. The molecule has 0 spiro atoms. The van der Waals surface area contributed by atoms with Crippen LogP contribution in [0.2, 0.25) is 10.0 Å². The Hall–Kier alpha value is -3.59. The van der Waals surface area contributed by atoms with Crippen molar-refractivity contribution in [2.45, 2.75) is 19.4 Å². The third kappa shape index (κ3) is 6.27. The number of anilines is 1. The first-order valence-electron chi connectivity index (χ1n) is 12.2. The van der Waals surface area contributed by atoms with Crippen LogP contribution in [0.25, 0.3) is 11.4 Å². The Balaban J connectivity index is 1.23. The van der Waals surface area contributed by atoms with Gasteiger partial charge in [0.05, 0.1) is 30.3 Å². The first-order valence-corrected chi connectivity index (χ1v) is 13.0. The number of carbonyl (C=O) groups excluding carboxylic acids is 1. The summed E-state index contributed by atoms with van der Waals surface area (Å²) in [6, 6.07) is 19.7. The summed E-state index contributed by atoms with van der Waals surface area (Å²) in [4.78, 5) is 19.9. The topological polar surface area (TPSA) is 89.7 Å². The van der Waals surface area contributed by atoms with Gasteiger partial charge in [-0.3, -0.25) is 9.69 Å². The van der Waals surface area contributed by atoms with E-state index in [4.69, 9.17) is 37.2 Å². The Morgan fingerprint density at radius 1 is 1.11 bits per heavy atom. The molecule has 0 saturated carbocycles. The van der Waals surface area contributed by atoms with Crippen molar-refractivity contribution in [3.05, 3.63) is 82.7 Å². The average Bonchev–Trinajstić information content (AvgIpc) is 3.39. The predicted molar refractivity (Wildman–Crippen MR) is 146 cm³/mol. The Bertz CT molecular complexity index is 1410. The number of rotatable bonds is 8. The molecule has 38 heavy (non-hydrogen) atoms. The number of piperidine rings is 1. The highest BCUT2D eigenvalue weighted by Crippen LogP contribution is 2.34. The van der Waals surface area contributed by atoms with Crippen molar-refractivity contribution in [1.29, 1.82) is 0 Å².